The van der Waals surface area contributed by atoms with E-state index in [4.69, 9.17) is 0 Å². The minimum atomic E-state index is 0. The van der Waals surface area contributed by atoms with Crippen LogP contribution in [0.1, 0.15) is 92.9 Å². The average Bonchev–Trinajstić information content (AvgIpc) is 2.46. The molecule has 0 amide bonds. The summed E-state index contributed by atoms with van der Waals surface area (Å²) in [5, 5.41) is 0. The highest BCUT2D eigenvalue weighted by Gasteiger charge is 2.51. The van der Waals surface area contributed by atoms with Gasteiger partial charge in [-0.3, -0.25) is 0 Å². The molecule has 1 nitrogen and oxygen atoms in total. The van der Waals surface area contributed by atoms with Gasteiger partial charge in [0.25, 0.3) is 0 Å². The maximum Gasteiger partial charge on any atom is 0.0981 e. The molecule has 0 aliphatic rings. The van der Waals surface area contributed by atoms with E-state index in [9.17, 15) is 0 Å². The van der Waals surface area contributed by atoms with Crippen molar-refractivity contribution < 1.29 is 21.5 Å². The molecule has 144 valence electrons. The zero-order valence-electron chi connectivity index (χ0n) is 17.5. The van der Waals surface area contributed by atoms with Crippen molar-refractivity contribution in [1.29, 1.82) is 0 Å². The smallest absolute Gasteiger partial charge is 0.0981 e. The van der Waals surface area contributed by atoms with E-state index in [1.807, 2.05) is 0 Å². The van der Waals surface area contributed by atoms with Gasteiger partial charge in [-0.05, 0) is 52.7 Å². The molecule has 0 radical (unpaired) electrons. The van der Waals surface area contributed by atoms with Crippen molar-refractivity contribution in [3.63, 3.8) is 0 Å². The van der Waals surface area contributed by atoms with E-state index in [1.54, 1.807) is 0 Å². The second-order valence-corrected chi connectivity index (χ2v) is 8.45. The van der Waals surface area contributed by atoms with Crippen LogP contribution in [0.2, 0.25) is 0 Å². The molecule has 24 heavy (non-hydrogen) atoms. The average molecular weight is 403 g/mol. The van der Waals surface area contributed by atoms with Crippen LogP contribution >= 0.6 is 0 Å². The minimum absolute atomic E-state index is 0. The Morgan fingerprint density at radius 2 is 1.04 bits per heavy atom. The molecule has 0 aliphatic carbocycles. The normalized spacial score (nSPS) is 12.6. The van der Waals surface area contributed by atoms with E-state index < -0.39 is 0 Å². The molecule has 0 saturated heterocycles. The molecule has 0 fully saturated rings. The third-order valence-corrected chi connectivity index (χ3v) is 5.98. The first-order valence-corrected chi connectivity index (χ1v) is 9.83. The summed E-state index contributed by atoms with van der Waals surface area (Å²) in [6, 6.07) is 0. The summed E-state index contributed by atoms with van der Waals surface area (Å²) in [7, 11) is 0. The number of unbranched alkanes of at least 4 members (excludes halogenated alkanes) is 4. The van der Waals surface area contributed by atoms with E-state index in [2.05, 4.69) is 66.9 Å². The lowest BCUT2D eigenvalue weighted by atomic mass is 9.81. The van der Waals surface area contributed by atoms with Crippen molar-refractivity contribution >= 4 is 0 Å². The van der Waals surface area contributed by atoms with E-state index in [1.165, 1.54) is 51.4 Å². The number of rotatable bonds is 14. The molecule has 0 N–H and O–H groups in total. The Balaban J connectivity index is 0. The first-order valence-electron chi connectivity index (χ1n) is 9.83. The third-order valence-electron chi connectivity index (χ3n) is 5.98. The number of hydrogen-bond acceptors (Lipinski definition) is 0. The Hall–Kier alpha value is -0.0800. The topological polar surface area (TPSA) is 0 Å². The highest BCUT2D eigenvalue weighted by molar-refractivity contribution is 4.87. The van der Waals surface area contributed by atoms with Crippen LogP contribution in [0, 0.1) is 0 Å². The Morgan fingerprint density at radius 3 is 1.29 bits per heavy atom. The largest absolute Gasteiger partial charge is 1.00 e. The molecule has 0 aromatic heterocycles. The van der Waals surface area contributed by atoms with Gasteiger partial charge in [0.15, 0.2) is 0 Å². The van der Waals surface area contributed by atoms with Crippen LogP contribution in [0.4, 0.5) is 0 Å². The van der Waals surface area contributed by atoms with E-state index >= 15 is 0 Å². The molecular formula is C22H44BrN. The van der Waals surface area contributed by atoms with Crippen LogP contribution in [-0.2, 0) is 0 Å². The molecule has 2 heteroatoms. The summed E-state index contributed by atoms with van der Waals surface area (Å²) in [5.74, 6) is 0. The quantitative estimate of drug-likeness (QED) is 0.235. The predicted octanol–water partition coefficient (Wildman–Crippen LogP) is 3.90. The van der Waals surface area contributed by atoms with Gasteiger partial charge in [0, 0.05) is 12.8 Å². The molecule has 0 rings (SSSR count). The van der Waals surface area contributed by atoms with Crippen LogP contribution in [0.3, 0.4) is 0 Å². The lowest BCUT2D eigenvalue weighted by Gasteiger charge is -2.59. The van der Waals surface area contributed by atoms with Gasteiger partial charge in [-0.25, -0.2) is 0 Å². The summed E-state index contributed by atoms with van der Waals surface area (Å²) in [6.07, 6.45) is 14.7. The van der Waals surface area contributed by atoms with Gasteiger partial charge < -0.3 is 21.5 Å². The van der Waals surface area contributed by atoms with E-state index in [0.29, 0.717) is 0 Å². The molecule has 0 aromatic rings. The lowest BCUT2D eigenvalue weighted by molar-refractivity contribution is -1.01. The van der Waals surface area contributed by atoms with Gasteiger partial charge in [-0.15, -0.1) is 0 Å². The monoisotopic (exact) mass is 401 g/mol. The van der Waals surface area contributed by atoms with Gasteiger partial charge in [-0.2, -0.15) is 0 Å². The van der Waals surface area contributed by atoms with Crippen LogP contribution in [0.5, 0.6) is 0 Å². The molecule has 0 aliphatic heterocycles. The molecular weight excluding hydrogens is 358 g/mol. The third kappa shape index (κ3) is 6.67. The lowest BCUT2D eigenvalue weighted by Crippen LogP contribution is -3.00. The Labute approximate surface area is 164 Å². The second-order valence-electron chi connectivity index (χ2n) is 8.45. The van der Waals surface area contributed by atoms with E-state index in [0.717, 1.165) is 17.6 Å². The van der Waals surface area contributed by atoms with Crippen LogP contribution < -0.4 is 17.0 Å². The SMILES string of the molecule is C=CC[N+](CC=C)(C(C)(C)CCCCC)C(C)(C)CCCCC.[Br-]. The molecule has 0 saturated carbocycles. The second kappa shape index (κ2) is 12.3. The van der Waals surface area contributed by atoms with Gasteiger partial charge in [0.1, 0.15) is 0 Å². The van der Waals surface area contributed by atoms with Gasteiger partial charge in [0.2, 0.25) is 0 Å². The van der Waals surface area contributed by atoms with Gasteiger partial charge in [-0.1, -0.05) is 52.7 Å². The van der Waals surface area contributed by atoms with Crippen molar-refractivity contribution in [1.82, 2.24) is 0 Å². The fraction of sp³-hybridized carbons (Fsp3) is 0.818. The summed E-state index contributed by atoms with van der Waals surface area (Å²) in [6.45, 7) is 24.7. The van der Waals surface area contributed by atoms with Crippen molar-refractivity contribution in [2.24, 2.45) is 0 Å². The van der Waals surface area contributed by atoms with Crippen LogP contribution in [0.15, 0.2) is 25.3 Å². The first-order chi connectivity index (χ1) is 10.7. The number of quaternary nitrogens is 1. The molecule has 0 bridgehead atoms. The molecule has 0 atom stereocenters. The fourth-order valence-electron chi connectivity index (χ4n) is 4.37. The maximum absolute atomic E-state index is 4.10. The molecule has 0 heterocycles. The highest BCUT2D eigenvalue weighted by Crippen LogP contribution is 2.41. The van der Waals surface area contributed by atoms with Crippen LogP contribution in [0.25, 0.3) is 0 Å². The van der Waals surface area contributed by atoms with Crippen molar-refractivity contribution in [2.75, 3.05) is 13.1 Å². The van der Waals surface area contributed by atoms with Gasteiger partial charge in [0.05, 0.1) is 24.2 Å². The van der Waals surface area contributed by atoms with E-state index in [-0.39, 0.29) is 28.1 Å². The summed E-state index contributed by atoms with van der Waals surface area (Å²) in [4.78, 5) is 0. The van der Waals surface area contributed by atoms with Crippen molar-refractivity contribution in [3.8, 4) is 0 Å². The Bertz CT molecular complexity index is 310. The fourth-order valence-corrected chi connectivity index (χ4v) is 4.37. The number of hydrogen-bond donors (Lipinski definition) is 0. The van der Waals surface area contributed by atoms with Crippen LogP contribution in [-0.4, -0.2) is 28.7 Å². The highest BCUT2D eigenvalue weighted by atomic mass is 79.9. The van der Waals surface area contributed by atoms with Crippen molar-refractivity contribution in [3.05, 3.63) is 25.3 Å². The zero-order valence-corrected chi connectivity index (χ0v) is 19.1. The van der Waals surface area contributed by atoms with Gasteiger partial charge >= 0.3 is 0 Å². The minimum Gasteiger partial charge on any atom is -1.00 e. The number of nitrogens with zero attached hydrogens (tertiary/aromatic N) is 1. The molecule has 0 unspecified atom stereocenters. The molecule has 0 aromatic carbocycles. The summed E-state index contributed by atoms with van der Waals surface area (Å²) in [5.41, 5.74) is 0.487. The summed E-state index contributed by atoms with van der Waals surface area (Å²) >= 11 is 0. The summed E-state index contributed by atoms with van der Waals surface area (Å²) < 4.78 is 1.08. The Kier molecular flexibility index (Phi) is 13.4. The first kappa shape index (κ1) is 26.2. The van der Waals surface area contributed by atoms with Crippen molar-refractivity contribution in [2.45, 2.75) is 104 Å². The molecule has 0 spiro atoms. The zero-order chi connectivity index (χ0) is 18.0. The maximum atomic E-state index is 4.10. The standard InChI is InChI=1S/C22H44N.BrH/c1-9-13-15-17-21(5,6)23(19-11-3,20-12-4)22(7,8)18-16-14-10-2;/h11-12H,3-4,9-10,13-20H2,1-2,5-8H3;1H/q+1;/p-1. The Morgan fingerprint density at radius 1 is 0.708 bits per heavy atom. The number of halogens is 1. The predicted molar refractivity (Wildman–Crippen MR) is 107 cm³/mol.